The van der Waals surface area contributed by atoms with E-state index in [-0.39, 0.29) is 5.41 Å². The van der Waals surface area contributed by atoms with E-state index in [9.17, 15) is 4.79 Å². The molecule has 4 saturated carbocycles. The third kappa shape index (κ3) is 2.61. The number of hydrogen-bond donors (Lipinski definition) is 2. The maximum Gasteiger partial charge on any atom is 0.226 e. The van der Waals surface area contributed by atoms with Crippen molar-refractivity contribution in [3.8, 4) is 0 Å². The molecule has 3 nitrogen and oxygen atoms in total. The third-order valence-corrected chi connectivity index (χ3v) is 5.85. The van der Waals surface area contributed by atoms with E-state index in [1.165, 1.54) is 19.3 Å². The highest BCUT2D eigenvalue weighted by Gasteiger charge is 2.58. The van der Waals surface area contributed by atoms with Gasteiger partial charge in [0, 0.05) is 13.1 Å². The number of carbonyl (C=O) groups excluding carboxylic acids is 1. The van der Waals surface area contributed by atoms with E-state index in [4.69, 9.17) is 0 Å². The van der Waals surface area contributed by atoms with Crippen molar-refractivity contribution in [2.24, 2.45) is 22.7 Å². The van der Waals surface area contributed by atoms with Gasteiger partial charge in [-0.3, -0.25) is 4.79 Å². The molecule has 0 aromatic rings. The molecule has 2 N–H and O–H groups in total. The molecule has 114 valence electrons. The van der Waals surface area contributed by atoms with Crippen molar-refractivity contribution in [3.63, 3.8) is 0 Å². The summed E-state index contributed by atoms with van der Waals surface area (Å²) >= 11 is 0. The first-order valence-corrected chi connectivity index (χ1v) is 8.54. The predicted molar refractivity (Wildman–Crippen MR) is 81.4 cm³/mol. The zero-order valence-corrected chi connectivity index (χ0v) is 13.1. The Morgan fingerprint density at radius 1 is 1.10 bits per heavy atom. The largest absolute Gasteiger partial charge is 0.354 e. The average Bonchev–Trinajstić information content (AvgIpc) is 2.35. The standard InChI is InChI=1S/C17H30N2O/c1-3-4-18-5-6-19-15(20)17-10-13-7-14(11-17)9-16(2,8-13)12-17/h13-14,18H,3-12H2,1-2H3,(H,19,20). The normalized spacial score (nSPS) is 41.9. The summed E-state index contributed by atoms with van der Waals surface area (Å²) in [6.07, 6.45) is 8.75. The van der Waals surface area contributed by atoms with Crippen LogP contribution in [0, 0.1) is 22.7 Å². The fourth-order valence-electron chi connectivity index (χ4n) is 5.74. The van der Waals surface area contributed by atoms with Crippen LogP contribution in [0.25, 0.3) is 0 Å². The number of hydrogen-bond acceptors (Lipinski definition) is 2. The molecule has 4 bridgehead atoms. The highest BCUT2D eigenvalue weighted by Crippen LogP contribution is 2.65. The van der Waals surface area contributed by atoms with Crippen molar-refractivity contribution in [2.75, 3.05) is 19.6 Å². The zero-order chi connectivity index (χ0) is 14.2. The number of nitrogens with one attached hydrogen (secondary N) is 2. The van der Waals surface area contributed by atoms with Crippen molar-refractivity contribution < 1.29 is 4.79 Å². The molecule has 2 unspecified atom stereocenters. The molecule has 4 rings (SSSR count). The van der Waals surface area contributed by atoms with Crippen LogP contribution in [0.5, 0.6) is 0 Å². The Morgan fingerprint density at radius 2 is 1.80 bits per heavy atom. The summed E-state index contributed by atoms with van der Waals surface area (Å²) < 4.78 is 0. The van der Waals surface area contributed by atoms with Crippen LogP contribution < -0.4 is 10.6 Å². The molecule has 0 saturated heterocycles. The van der Waals surface area contributed by atoms with Crippen molar-refractivity contribution in [3.05, 3.63) is 0 Å². The highest BCUT2D eigenvalue weighted by atomic mass is 16.2. The minimum Gasteiger partial charge on any atom is -0.354 e. The van der Waals surface area contributed by atoms with Crippen molar-refractivity contribution >= 4 is 5.91 Å². The Balaban J connectivity index is 1.57. The fourth-order valence-corrected chi connectivity index (χ4v) is 5.74. The highest BCUT2D eigenvalue weighted by molar-refractivity contribution is 5.83. The first-order valence-electron chi connectivity index (χ1n) is 8.54. The second-order valence-corrected chi connectivity index (χ2v) is 8.06. The summed E-state index contributed by atoms with van der Waals surface area (Å²) in [5, 5.41) is 6.57. The molecule has 3 heteroatoms. The van der Waals surface area contributed by atoms with Gasteiger partial charge >= 0.3 is 0 Å². The van der Waals surface area contributed by atoms with Crippen LogP contribution in [0.1, 0.15) is 58.8 Å². The Kier molecular flexibility index (Phi) is 3.83. The van der Waals surface area contributed by atoms with Gasteiger partial charge in [0.05, 0.1) is 5.41 Å². The molecule has 4 fully saturated rings. The number of carbonyl (C=O) groups is 1. The summed E-state index contributed by atoms with van der Waals surface area (Å²) in [5.74, 6) is 2.01. The van der Waals surface area contributed by atoms with E-state index in [0.717, 1.165) is 57.2 Å². The van der Waals surface area contributed by atoms with Crippen LogP contribution in [-0.4, -0.2) is 25.5 Å². The lowest BCUT2D eigenvalue weighted by atomic mass is 9.44. The van der Waals surface area contributed by atoms with Crippen LogP contribution in [0.3, 0.4) is 0 Å². The van der Waals surface area contributed by atoms with Gasteiger partial charge < -0.3 is 10.6 Å². The minimum atomic E-state index is -0.0103. The van der Waals surface area contributed by atoms with E-state index in [1.54, 1.807) is 0 Å². The Morgan fingerprint density at radius 3 is 2.40 bits per heavy atom. The average molecular weight is 278 g/mol. The van der Waals surface area contributed by atoms with Gasteiger partial charge in [-0.05, 0) is 68.7 Å². The smallest absolute Gasteiger partial charge is 0.226 e. The quantitative estimate of drug-likeness (QED) is 0.734. The topological polar surface area (TPSA) is 41.1 Å². The van der Waals surface area contributed by atoms with Crippen LogP contribution in [-0.2, 0) is 4.79 Å². The maximum atomic E-state index is 12.7. The van der Waals surface area contributed by atoms with Gasteiger partial charge in [-0.25, -0.2) is 0 Å². The number of rotatable bonds is 6. The molecule has 2 atom stereocenters. The second-order valence-electron chi connectivity index (χ2n) is 8.06. The van der Waals surface area contributed by atoms with Gasteiger partial charge in [0.15, 0.2) is 0 Å². The molecule has 1 amide bonds. The molecular formula is C17H30N2O. The van der Waals surface area contributed by atoms with E-state index < -0.39 is 0 Å². The lowest BCUT2D eigenvalue weighted by molar-refractivity contribution is -0.155. The molecule has 4 aliphatic rings. The van der Waals surface area contributed by atoms with Crippen LogP contribution in [0.4, 0.5) is 0 Å². The van der Waals surface area contributed by atoms with Crippen molar-refractivity contribution in [1.29, 1.82) is 0 Å². The summed E-state index contributed by atoms with van der Waals surface area (Å²) in [6.45, 7) is 7.33. The van der Waals surface area contributed by atoms with Gasteiger partial charge in [-0.2, -0.15) is 0 Å². The molecule has 0 radical (unpaired) electrons. The monoisotopic (exact) mass is 278 g/mol. The molecule has 0 aliphatic heterocycles. The van der Waals surface area contributed by atoms with Gasteiger partial charge in [-0.1, -0.05) is 13.8 Å². The van der Waals surface area contributed by atoms with Gasteiger partial charge in [0.1, 0.15) is 0 Å². The SMILES string of the molecule is CCCNCCNC(=O)C12CC3CC(CC(C)(C3)C1)C2. The Labute approximate surface area is 123 Å². The second kappa shape index (κ2) is 5.32. The molecular weight excluding hydrogens is 248 g/mol. The first kappa shape index (κ1) is 14.4. The molecule has 0 aromatic carbocycles. The van der Waals surface area contributed by atoms with Crippen molar-refractivity contribution in [2.45, 2.75) is 58.8 Å². The summed E-state index contributed by atoms with van der Waals surface area (Å²) in [5.41, 5.74) is 0.450. The Bertz CT molecular complexity index is 365. The van der Waals surface area contributed by atoms with Crippen LogP contribution in [0.2, 0.25) is 0 Å². The van der Waals surface area contributed by atoms with Gasteiger partial charge in [-0.15, -0.1) is 0 Å². The molecule has 0 heterocycles. The number of amides is 1. The van der Waals surface area contributed by atoms with E-state index in [0.29, 0.717) is 11.3 Å². The van der Waals surface area contributed by atoms with E-state index in [1.807, 2.05) is 0 Å². The molecule has 4 aliphatic carbocycles. The van der Waals surface area contributed by atoms with E-state index in [2.05, 4.69) is 24.5 Å². The zero-order valence-electron chi connectivity index (χ0n) is 13.1. The van der Waals surface area contributed by atoms with Gasteiger partial charge in [0.2, 0.25) is 5.91 Å². The maximum absolute atomic E-state index is 12.7. The van der Waals surface area contributed by atoms with Crippen LogP contribution >= 0.6 is 0 Å². The minimum absolute atomic E-state index is 0.0103. The first-order chi connectivity index (χ1) is 9.55. The lowest BCUT2D eigenvalue weighted by Gasteiger charge is -2.60. The van der Waals surface area contributed by atoms with Gasteiger partial charge in [0.25, 0.3) is 0 Å². The molecule has 0 aromatic heterocycles. The molecule has 0 spiro atoms. The summed E-state index contributed by atoms with van der Waals surface area (Å²) in [7, 11) is 0. The van der Waals surface area contributed by atoms with Crippen LogP contribution in [0.15, 0.2) is 0 Å². The molecule has 20 heavy (non-hydrogen) atoms. The predicted octanol–water partition coefficient (Wildman–Crippen LogP) is 2.71. The Hall–Kier alpha value is -0.570. The van der Waals surface area contributed by atoms with E-state index >= 15 is 0 Å². The fraction of sp³-hybridized carbons (Fsp3) is 0.941. The summed E-state index contributed by atoms with van der Waals surface area (Å²) in [6, 6.07) is 0. The van der Waals surface area contributed by atoms with Crippen molar-refractivity contribution in [1.82, 2.24) is 10.6 Å². The third-order valence-electron chi connectivity index (χ3n) is 5.85. The summed E-state index contributed by atoms with van der Waals surface area (Å²) in [4.78, 5) is 12.7. The lowest BCUT2D eigenvalue weighted by Crippen LogP contribution is -2.57.